The molecule has 0 saturated carbocycles. The van der Waals surface area contributed by atoms with E-state index >= 15 is 0 Å². The normalized spacial score (nSPS) is 16.8. The lowest BCUT2D eigenvalue weighted by molar-refractivity contribution is 0.0390. The van der Waals surface area contributed by atoms with Crippen LogP contribution in [0.4, 0.5) is 0 Å². The van der Waals surface area contributed by atoms with Gasteiger partial charge < -0.3 is 4.74 Å². The van der Waals surface area contributed by atoms with Crippen LogP contribution < -0.4 is 10.4 Å². The highest BCUT2D eigenvalue weighted by Crippen LogP contribution is 2.17. The summed E-state index contributed by atoms with van der Waals surface area (Å²) in [6, 6.07) is 4.72. The number of sulfonamides is 1. The van der Waals surface area contributed by atoms with E-state index in [-0.39, 0.29) is 10.6 Å². The second kappa shape index (κ2) is 6.67. The molecule has 1 aliphatic rings. The lowest BCUT2D eigenvalue weighted by Gasteiger charge is -2.26. The van der Waals surface area contributed by atoms with Crippen LogP contribution in [0.2, 0.25) is 0 Å². The molecule has 0 spiro atoms. The number of nitrogens with zero attached hydrogens (tertiary/aromatic N) is 3. The van der Waals surface area contributed by atoms with Gasteiger partial charge in [0, 0.05) is 40.3 Å². The van der Waals surface area contributed by atoms with Gasteiger partial charge in [0.2, 0.25) is 10.0 Å². The molecule has 1 aliphatic heterocycles. The Labute approximate surface area is 140 Å². The highest BCUT2D eigenvalue weighted by Gasteiger charge is 2.18. The quantitative estimate of drug-likeness (QED) is 0.782. The van der Waals surface area contributed by atoms with Gasteiger partial charge in [-0.1, -0.05) is 0 Å². The zero-order valence-corrected chi connectivity index (χ0v) is 14.7. The molecule has 132 valence electrons. The molecule has 1 saturated heterocycles. The predicted molar refractivity (Wildman–Crippen MR) is 90.6 cm³/mol. The van der Waals surface area contributed by atoms with Crippen molar-refractivity contribution < 1.29 is 13.2 Å². The first-order chi connectivity index (χ1) is 11.4. The van der Waals surface area contributed by atoms with Crippen molar-refractivity contribution in [1.29, 1.82) is 0 Å². The maximum absolute atomic E-state index is 12.5. The fraction of sp³-hybridized carbons (Fsp3) is 0.533. The number of fused-ring (bicyclic) bond motifs is 1. The minimum Gasteiger partial charge on any atom is -0.379 e. The number of ether oxygens (including phenoxy) is 1. The Balaban J connectivity index is 1.75. The first kappa shape index (κ1) is 17.2. The monoisotopic (exact) mass is 354 g/mol. The van der Waals surface area contributed by atoms with Crippen LogP contribution in [0.3, 0.4) is 0 Å². The average molecular weight is 354 g/mol. The highest BCUT2D eigenvalue weighted by molar-refractivity contribution is 7.89. The predicted octanol–water partition coefficient (Wildman–Crippen LogP) is -0.512. The number of hydrogen-bond donors (Lipinski definition) is 1. The summed E-state index contributed by atoms with van der Waals surface area (Å²) in [4.78, 5) is 14.3. The van der Waals surface area contributed by atoms with Crippen molar-refractivity contribution in [3.8, 4) is 0 Å². The number of rotatable bonds is 5. The number of imidazole rings is 1. The van der Waals surface area contributed by atoms with Crippen LogP contribution in [0.15, 0.2) is 27.9 Å². The van der Waals surface area contributed by atoms with Crippen LogP contribution in [-0.2, 0) is 28.9 Å². The standard InChI is InChI=1S/C15H22N4O4S/c1-17-13-4-3-12(11-14(13)18(2)15(17)20)24(21,22)16-5-6-19-7-9-23-10-8-19/h3-4,11,16H,5-10H2,1-2H3. The van der Waals surface area contributed by atoms with E-state index in [1.807, 2.05) is 0 Å². The van der Waals surface area contributed by atoms with Crippen molar-refractivity contribution in [2.75, 3.05) is 39.4 Å². The smallest absolute Gasteiger partial charge is 0.328 e. The van der Waals surface area contributed by atoms with Crippen molar-refractivity contribution in [2.24, 2.45) is 14.1 Å². The third kappa shape index (κ3) is 3.25. The van der Waals surface area contributed by atoms with Gasteiger partial charge >= 0.3 is 5.69 Å². The van der Waals surface area contributed by atoms with Crippen LogP contribution >= 0.6 is 0 Å². The molecular weight excluding hydrogens is 332 g/mol. The molecule has 1 aromatic carbocycles. The number of benzene rings is 1. The summed E-state index contributed by atoms with van der Waals surface area (Å²) >= 11 is 0. The summed E-state index contributed by atoms with van der Waals surface area (Å²) < 4.78 is 35.8. The van der Waals surface area contributed by atoms with E-state index in [4.69, 9.17) is 4.74 Å². The first-order valence-corrected chi connectivity index (χ1v) is 9.34. The zero-order valence-electron chi connectivity index (χ0n) is 13.9. The molecule has 0 amide bonds. The SMILES string of the molecule is Cn1c(=O)n(C)c2cc(S(=O)(=O)NCCN3CCOCC3)ccc21. The molecule has 1 fully saturated rings. The number of morpholine rings is 1. The Morgan fingerprint density at radius 3 is 2.50 bits per heavy atom. The molecule has 0 bridgehead atoms. The molecule has 0 radical (unpaired) electrons. The molecule has 0 unspecified atom stereocenters. The van der Waals surface area contributed by atoms with Crippen LogP contribution in [0, 0.1) is 0 Å². The average Bonchev–Trinajstić information content (AvgIpc) is 2.80. The fourth-order valence-corrected chi connectivity index (χ4v) is 3.94. The second-order valence-electron chi connectivity index (χ2n) is 5.90. The van der Waals surface area contributed by atoms with E-state index in [0.717, 1.165) is 13.1 Å². The van der Waals surface area contributed by atoms with E-state index in [9.17, 15) is 13.2 Å². The van der Waals surface area contributed by atoms with Gasteiger partial charge in [0.25, 0.3) is 0 Å². The Morgan fingerprint density at radius 2 is 1.79 bits per heavy atom. The van der Waals surface area contributed by atoms with Gasteiger partial charge in [0.1, 0.15) is 0 Å². The van der Waals surface area contributed by atoms with Gasteiger partial charge in [-0.15, -0.1) is 0 Å². The Hall–Kier alpha value is -1.68. The van der Waals surface area contributed by atoms with Crippen LogP contribution in [-0.4, -0.2) is 61.8 Å². The summed E-state index contributed by atoms with van der Waals surface area (Å²) in [5.74, 6) is 0. The second-order valence-corrected chi connectivity index (χ2v) is 7.67. The third-order valence-electron chi connectivity index (χ3n) is 4.38. The van der Waals surface area contributed by atoms with E-state index in [1.54, 1.807) is 20.2 Å². The van der Waals surface area contributed by atoms with Crippen LogP contribution in [0.1, 0.15) is 0 Å². The van der Waals surface area contributed by atoms with Gasteiger partial charge in [-0.25, -0.2) is 17.9 Å². The fourth-order valence-electron chi connectivity index (χ4n) is 2.90. The van der Waals surface area contributed by atoms with Crippen molar-refractivity contribution in [1.82, 2.24) is 18.8 Å². The van der Waals surface area contributed by atoms with Gasteiger partial charge in [-0.3, -0.25) is 14.0 Å². The first-order valence-electron chi connectivity index (χ1n) is 7.85. The van der Waals surface area contributed by atoms with E-state index in [0.29, 0.717) is 37.3 Å². The largest absolute Gasteiger partial charge is 0.379 e. The highest BCUT2D eigenvalue weighted by atomic mass is 32.2. The molecule has 2 aromatic rings. The van der Waals surface area contributed by atoms with Crippen molar-refractivity contribution in [3.05, 3.63) is 28.7 Å². The van der Waals surface area contributed by atoms with E-state index < -0.39 is 10.0 Å². The van der Waals surface area contributed by atoms with Gasteiger partial charge in [0.15, 0.2) is 0 Å². The molecule has 0 atom stereocenters. The number of hydrogen-bond acceptors (Lipinski definition) is 5. The minimum absolute atomic E-state index is 0.165. The number of nitrogens with one attached hydrogen (secondary N) is 1. The molecule has 9 heteroatoms. The maximum atomic E-state index is 12.5. The molecule has 8 nitrogen and oxygen atoms in total. The topological polar surface area (TPSA) is 85.6 Å². The minimum atomic E-state index is -3.61. The van der Waals surface area contributed by atoms with E-state index in [1.165, 1.54) is 21.3 Å². The molecule has 1 aromatic heterocycles. The van der Waals surface area contributed by atoms with Crippen molar-refractivity contribution in [2.45, 2.75) is 4.90 Å². The molecular formula is C15H22N4O4S. The van der Waals surface area contributed by atoms with Crippen molar-refractivity contribution >= 4 is 21.1 Å². The summed E-state index contributed by atoms with van der Waals surface area (Å²) in [5, 5.41) is 0. The molecule has 1 N–H and O–H groups in total. The molecule has 24 heavy (non-hydrogen) atoms. The molecule has 0 aliphatic carbocycles. The Morgan fingerprint density at radius 1 is 1.12 bits per heavy atom. The third-order valence-corrected chi connectivity index (χ3v) is 5.84. The van der Waals surface area contributed by atoms with E-state index in [2.05, 4.69) is 9.62 Å². The van der Waals surface area contributed by atoms with Gasteiger partial charge in [-0.2, -0.15) is 0 Å². The Kier molecular flexibility index (Phi) is 4.77. The summed E-state index contributed by atoms with van der Waals surface area (Å²) in [6.45, 7) is 4.00. The van der Waals surface area contributed by atoms with Crippen LogP contribution in [0.25, 0.3) is 11.0 Å². The number of aromatic nitrogens is 2. The summed E-state index contributed by atoms with van der Waals surface area (Å²) in [7, 11) is -0.307. The number of aryl methyl sites for hydroxylation is 2. The molecule has 3 rings (SSSR count). The summed E-state index contributed by atoms with van der Waals surface area (Å²) in [6.07, 6.45) is 0. The molecule has 2 heterocycles. The Bertz CT molecular complexity index is 894. The lowest BCUT2D eigenvalue weighted by Crippen LogP contribution is -2.41. The summed E-state index contributed by atoms with van der Waals surface area (Å²) in [5.41, 5.74) is 1.12. The maximum Gasteiger partial charge on any atom is 0.328 e. The van der Waals surface area contributed by atoms with Gasteiger partial charge in [0.05, 0.1) is 29.1 Å². The zero-order chi connectivity index (χ0) is 17.3. The lowest BCUT2D eigenvalue weighted by atomic mass is 10.3. The van der Waals surface area contributed by atoms with Crippen LogP contribution in [0.5, 0.6) is 0 Å². The van der Waals surface area contributed by atoms with Crippen molar-refractivity contribution in [3.63, 3.8) is 0 Å². The van der Waals surface area contributed by atoms with Gasteiger partial charge in [-0.05, 0) is 18.2 Å².